The molecule has 0 spiro atoms. The van der Waals surface area contributed by atoms with Crippen molar-refractivity contribution in [3.63, 3.8) is 0 Å². The standard InChI is InChI=1S/C27H42N2O2/c1-4-6-7-8-9-10-11-12-13-14-19-30-27-21-28-26(20-29-27)24-15-17-25(18-16-24)31-22-23(3)5-2/h15-18,20-21,23H,4-14,19,22H2,1-3H3/t23-/m0/s1. The minimum atomic E-state index is 0.568. The normalized spacial score (nSPS) is 12.0. The number of hydrogen-bond donors (Lipinski definition) is 0. The number of benzene rings is 1. The molecule has 4 nitrogen and oxygen atoms in total. The zero-order valence-corrected chi connectivity index (χ0v) is 19.9. The van der Waals surface area contributed by atoms with Crippen molar-refractivity contribution >= 4 is 0 Å². The van der Waals surface area contributed by atoms with Gasteiger partial charge in [-0.15, -0.1) is 0 Å². The van der Waals surface area contributed by atoms with Crippen molar-refractivity contribution in [2.75, 3.05) is 13.2 Å². The van der Waals surface area contributed by atoms with Crippen molar-refractivity contribution in [1.29, 1.82) is 0 Å². The molecule has 0 unspecified atom stereocenters. The summed E-state index contributed by atoms with van der Waals surface area (Å²) in [6.07, 6.45) is 17.9. The Kier molecular flexibility index (Phi) is 12.7. The molecule has 1 heterocycles. The zero-order valence-electron chi connectivity index (χ0n) is 19.9. The molecule has 2 rings (SSSR count). The highest BCUT2D eigenvalue weighted by atomic mass is 16.5. The van der Waals surface area contributed by atoms with E-state index in [9.17, 15) is 0 Å². The third-order valence-electron chi connectivity index (χ3n) is 5.76. The Bertz CT molecular complexity index is 685. The van der Waals surface area contributed by atoms with Crippen LogP contribution in [-0.4, -0.2) is 23.2 Å². The van der Waals surface area contributed by atoms with Crippen LogP contribution in [0.1, 0.15) is 91.4 Å². The summed E-state index contributed by atoms with van der Waals surface area (Å²) >= 11 is 0. The molecule has 1 aromatic carbocycles. The van der Waals surface area contributed by atoms with Crippen molar-refractivity contribution in [1.82, 2.24) is 9.97 Å². The molecule has 0 aliphatic rings. The fraction of sp³-hybridized carbons (Fsp3) is 0.630. The molecule has 0 bridgehead atoms. The summed E-state index contributed by atoms with van der Waals surface area (Å²) < 4.78 is 11.6. The first-order valence-corrected chi connectivity index (χ1v) is 12.4. The lowest BCUT2D eigenvalue weighted by Gasteiger charge is -2.11. The number of nitrogens with zero attached hydrogens (tertiary/aromatic N) is 2. The second kappa shape index (κ2) is 15.7. The highest BCUT2D eigenvalue weighted by Crippen LogP contribution is 2.22. The first-order chi connectivity index (χ1) is 15.2. The van der Waals surface area contributed by atoms with Gasteiger partial charge in [-0.2, -0.15) is 0 Å². The van der Waals surface area contributed by atoms with Gasteiger partial charge in [0.05, 0.1) is 31.3 Å². The molecule has 172 valence electrons. The maximum atomic E-state index is 5.82. The fourth-order valence-electron chi connectivity index (χ4n) is 3.38. The molecule has 31 heavy (non-hydrogen) atoms. The van der Waals surface area contributed by atoms with E-state index in [1.54, 1.807) is 12.4 Å². The second-order valence-corrected chi connectivity index (χ2v) is 8.62. The summed E-state index contributed by atoms with van der Waals surface area (Å²) in [4.78, 5) is 8.92. The Morgan fingerprint density at radius 1 is 0.742 bits per heavy atom. The minimum Gasteiger partial charge on any atom is -0.493 e. The fourth-order valence-corrected chi connectivity index (χ4v) is 3.38. The molecular weight excluding hydrogens is 384 g/mol. The Balaban J connectivity index is 1.60. The van der Waals surface area contributed by atoms with Crippen molar-refractivity contribution in [3.8, 4) is 22.9 Å². The van der Waals surface area contributed by atoms with E-state index in [1.807, 2.05) is 24.3 Å². The first kappa shape index (κ1) is 25.2. The monoisotopic (exact) mass is 426 g/mol. The molecule has 0 aliphatic carbocycles. The van der Waals surface area contributed by atoms with Crippen molar-refractivity contribution in [2.24, 2.45) is 5.92 Å². The lowest BCUT2D eigenvalue weighted by atomic mass is 10.1. The Morgan fingerprint density at radius 2 is 1.39 bits per heavy atom. The van der Waals surface area contributed by atoms with Crippen LogP contribution in [0.3, 0.4) is 0 Å². The van der Waals surface area contributed by atoms with Crippen LogP contribution in [0.5, 0.6) is 11.6 Å². The van der Waals surface area contributed by atoms with Crippen molar-refractivity contribution < 1.29 is 9.47 Å². The third kappa shape index (κ3) is 10.7. The van der Waals surface area contributed by atoms with E-state index in [2.05, 4.69) is 30.7 Å². The lowest BCUT2D eigenvalue weighted by Crippen LogP contribution is -2.07. The summed E-state index contributed by atoms with van der Waals surface area (Å²) in [5, 5.41) is 0. The van der Waals surface area contributed by atoms with E-state index in [-0.39, 0.29) is 0 Å². The predicted molar refractivity (Wildman–Crippen MR) is 130 cm³/mol. The summed E-state index contributed by atoms with van der Waals surface area (Å²) in [7, 11) is 0. The SMILES string of the molecule is CCCCCCCCCCCCOc1cnc(-c2ccc(OC[C@@H](C)CC)cc2)cn1. The van der Waals surface area contributed by atoms with Gasteiger partial charge in [0.25, 0.3) is 0 Å². The number of hydrogen-bond acceptors (Lipinski definition) is 4. The summed E-state index contributed by atoms with van der Waals surface area (Å²) in [6, 6.07) is 8.05. The molecule has 0 fully saturated rings. The smallest absolute Gasteiger partial charge is 0.232 e. The van der Waals surface area contributed by atoms with Crippen LogP contribution < -0.4 is 9.47 Å². The Morgan fingerprint density at radius 3 is 1.97 bits per heavy atom. The van der Waals surface area contributed by atoms with Gasteiger partial charge in [0.15, 0.2) is 0 Å². The van der Waals surface area contributed by atoms with E-state index in [0.717, 1.165) is 36.5 Å². The van der Waals surface area contributed by atoms with Crippen molar-refractivity contribution in [3.05, 3.63) is 36.7 Å². The molecule has 0 saturated heterocycles. The van der Waals surface area contributed by atoms with Gasteiger partial charge in [-0.1, -0.05) is 85.0 Å². The van der Waals surface area contributed by atoms with Crippen LogP contribution >= 0.6 is 0 Å². The molecule has 0 saturated carbocycles. The van der Waals surface area contributed by atoms with Crippen LogP contribution in [-0.2, 0) is 0 Å². The molecule has 0 N–H and O–H groups in total. The Labute approximate surface area is 189 Å². The van der Waals surface area contributed by atoms with Gasteiger partial charge >= 0.3 is 0 Å². The van der Waals surface area contributed by atoms with Gasteiger partial charge < -0.3 is 9.47 Å². The van der Waals surface area contributed by atoms with Crippen LogP contribution in [0.25, 0.3) is 11.3 Å². The molecule has 0 amide bonds. The molecule has 0 aliphatic heterocycles. The predicted octanol–water partition coefficient (Wildman–Crippen LogP) is 7.87. The maximum absolute atomic E-state index is 5.82. The van der Waals surface area contributed by atoms with Crippen LogP contribution in [0.2, 0.25) is 0 Å². The van der Waals surface area contributed by atoms with Gasteiger partial charge in [-0.05, 0) is 36.6 Å². The van der Waals surface area contributed by atoms with E-state index in [0.29, 0.717) is 18.4 Å². The number of rotatable bonds is 17. The second-order valence-electron chi connectivity index (χ2n) is 8.62. The third-order valence-corrected chi connectivity index (χ3v) is 5.76. The van der Waals surface area contributed by atoms with Gasteiger partial charge in [0.1, 0.15) is 5.75 Å². The van der Waals surface area contributed by atoms with Crippen LogP contribution in [0, 0.1) is 5.92 Å². The van der Waals surface area contributed by atoms with Crippen LogP contribution in [0.4, 0.5) is 0 Å². The minimum absolute atomic E-state index is 0.568. The summed E-state index contributed by atoms with van der Waals surface area (Å²) in [5.41, 5.74) is 1.88. The largest absolute Gasteiger partial charge is 0.493 e. The molecular formula is C27H42N2O2. The van der Waals surface area contributed by atoms with E-state index in [4.69, 9.17) is 9.47 Å². The quantitative estimate of drug-likeness (QED) is 0.241. The molecule has 1 aromatic heterocycles. The topological polar surface area (TPSA) is 44.2 Å². The number of unbranched alkanes of at least 4 members (excludes halogenated alkanes) is 9. The van der Waals surface area contributed by atoms with Gasteiger partial charge in [0, 0.05) is 5.56 Å². The van der Waals surface area contributed by atoms with Crippen LogP contribution in [0.15, 0.2) is 36.7 Å². The first-order valence-electron chi connectivity index (χ1n) is 12.4. The highest BCUT2D eigenvalue weighted by molar-refractivity contribution is 5.59. The van der Waals surface area contributed by atoms with Gasteiger partial charge in [-0.25, -0.2) is 9.97 Å². The average Bonchev–Trinajstić information content (AvgIpc) is 2.81. The van der Waals surface area contributed by atoms with Gasteiger partial charge in [-0.3, -0.25) is 0 Å². The van der Waals surface area contributed by atoms with Gasteiger partial charge in [0.2, 0.25) is 5.88 Å². The van der Waals surface area contributed by atoms with E-state index in [1.165, 1.54) is 57.8 Å². The van der Waals surface area contributed by atoms with E-state index >= 15 is 0 Å². The number of ether oxygens (including phenoxy) is 2. The lowest BCUT2D eigenvalue weighted by molar-refractivity contribution is 0.256. The van der Waals surface area contributed by atoms with Crippen molar-refractivity contribution in [2.45, 2.75) is 91.4 Å². The average molecular weight is 427 g/mol. The van der Waals surface area contributed by atoms with E-state index < -0.39 is 0 Å². The number of aromatic nitrogens is 2. The molecule has 0 radical (unpaired) electrons. The summed E-state index contributed by atoms with van der Waals surface area (Å²) in [5.74, 6) is 2.07. The zero-order chi connectivity index (χ0) is 22.2. The maximum Gasteiger partial charge on any atom is 0.232 e. The molecule has 2 aromatic rings. The Hall–Kier alpha value is -2.10. The molecule has 4 heteroatoms. The molecule has 1 atom stereocenters. The summed E-state index contributed by atoms with van der Waals surface area (Å²) in [6.45, 7) is 8.11. The highest BCUT2D eigenvalue weighted by Gasteiger charge is 2.04.